The molecule has 8 heteroatoms. The molecule has 7 nitrogen and oxygen atoms in total. The van der Waals surface area contributed by atoms with Crippen LogP contribution in [0.25, 0.3) is 0 Å². The Morgan fingerprint density at radius 2 is 2.33 bits per heavy atom. The summed E-state index contributed by atoms with van der Waals surface area (Å²) in [4.78, 5) is 12.4. The van der Waals surface area contributed by atoms with E-state index in [1.165, 1.54) is 4.80 Å². The van der Waals surface area contributed by atoms with Crippen LogP contribution in [0.4, 0.5) is 0 Å². The Hall–Kier alpha value is -1.71. The number of halogens is 1. The van der Waals surface area contributed by atoms with Gasteiger partial charge < -0.3 is 9.84 Å². The lowest BCUT2D eigenvalue weighted by Gasteiger charge is -2.07. The largest absolute Gasteiger partial charge is 0.485 e. The van der Waals surface area contributed by atoms with Gasteiger partial charge in [-0.3, -0.25) is 0 Å². The van der Waals surface area contributed by atoms with E-state index in [2.05, 4.69) is 15.4 Å². The van der Waals surface area contributed by atoms with Crippen LogP contribution in [0.2, 0.25) is 0 Å². The third kappa shape index (κ3) is 2.94. The molecule has 18 heavy (non-hydrogen) atoms. The highest BCUT2D eigenvalue weighted by atomic mass is 127. The fourth-order valence-electron chi connectivity index (χ4n) is 1.32. The van der Waals surface area contributed by atoms with Crippen molar-refractivity contribution in [2.75, 3.05) is 0 Å². The fraction of sp³-hybridized carbons (Fsp3) is 0.200. The second-order valence-corrected chi connectivity index (χ2v) is 4.68. The third-order valence-electron chi connectivity index (χ3n) is 2.08. The van der Waals surface area contributed by atoms with Gasteiger partial charge in [-0.15, -0.1) is 10.2 Å². The molecule has 2 aromatic rings. The number of ether oxygens (including phenoxy) is 1. The maximum atomic E-state index is 11.1. The van der Waals surface area contributed by atoms with Crippen LogP contribution in [0, 0.1) is 3.57 Å². The third-order valence-corrected chi connectivity index (χ3v) is 2.75. The molecule has 0 aliphatic heterocycles. The highest BCUT2D eigenvalue weighted by Crippen LogP contribution is 2.21. The summed E-state index contributed by atoms with van der Waals surface area (Å²) in [5.41, 5.74) is 0.116. The van der Waals surface area contributed by atoms with Gasteiger partial charge in [-0.25, -0.2) is 4.79 Å². The molecule has 0 unspecified atom stereocenters. The van der Waals surface area contributed by atoms with Crippen LogP contribution in [-0.4, -0.2) is 31.3 Å². The van der Waals surface area contributed by atoms with Crippen LogP contribution in [-0.2, 0) is 13.7 Å². The Kier molecular flexibility index (Phi) is 3.75. The van der Waals surface area contributed by atoms with E-state index in [0.717, 1.165) is 3.57 Å². The number of tetrazole rings is 1. The minimum absolute atomic E-state index is 0.0781. The van der Waals surface area contributed by atoms with E-state index in [1.54, 1.807) is 25.2 Å². The zero-order chi connectivity index (χ0) is 13.1. The number of carbonyl (C=O) groups is 1. The normalized spacial score (nSPS) is 10.3. The smallest absolute Gasteiger partial charge is 0.339 e. The molecular weight excluding hydrogens is 351 g/mol. The van der Waals surface area contributed by atoms with Gasteiger partial charge in [-0.1, -0.05) is 0 Å². The number of nitrogens with zero attached hydrogens (tertiary/aromatic N) is 4. The first-order chi connectivity index (χ1) is 8.56. The van der Waals surface area contributed by atoms with Crippen molar-refractivity contribution < 1.29 is 14.6 Å². The first kappa shape index (κ1) is 12.7. The number of aromatic carboxylic acids is 1. The molecule has 0 fully saturated rings. The van der Waals surface area contributed by atoms with Crippen molar-refractivity contribution in [1.82, 2.24) is 20.2 Å². The number of hydrogen-bond acceptors (Lipinski definition) is 5. The minimum Gasteiger partial charge on any atom is -0.485 e. The Balaban J connectivity index is 2.16. The summed E-state index contributed by atoms with van der Waals surface area (Å²) in [5, 5.41) is 20.4. The predicted octanol–water partition coefficient (Wildman–Crippen LogP) is 1.09. The number of carboxylic acids is 1. The quantitative estimate of drug-likeness (QED) is 0.822. The molecule has 0 radical (unpaired) electrons. The van der Waals surface area contributed by atoms with Crippen LogP contribution in [0.1, 0.15) is 16.2 Å². The van der Waals surface area contributed by atoms with E-state index in [0.29, 0.717) is 5.82 Å². The van der Waals surface area contributed by atoms with E-state index in [9.17, 15) is 4.79 Å². The van der Waals surface area contributed by atoms with Gasteiger partial charge in [-0.2, -0.15) is 4.80 Å². The molecule has 0 aliphatic rings. The molecule has 1 heterocycles. The van der Waals surface area contributed by atoms with Crippen molar-refractivity contribution in [3.05, 3.63) is 33.2 Å². The van der Waals surface area contributed by atoms with Gasteiger partial charge in [0.1, 0.15) is 11.3 Å². The highest BCUT2D eigenvalue weighted by molar-refractivity contribution is 14.1. The molecule has 1 aromatic carbocycles. The van der Waals surface area contributed by atoms with Gasteiger partial charge >= 0.3 is 5.97 Å². The van der Waals surface area contributed by atoms with E-state index < -0.39 is 5.97 Å². The molecule has 0 spiro atoms. The summed E-state index contributed by atoms with van der Waals surface area (Å²) in [6.07, 6.45) is 0. The number of hydrogen-bond donors (Lipinski definition) is 1. The Labute approximate surface area is 116 Å². The fourth-order valence-corrected chi connectivity index (χ4v) is 1.81. The molecule has 1 aromatic heterocycles. The molecule has 0 saturated carbocycles. The summed E-state index contributed by atoms with van der Waals surface area (Å²) in [7, 11) is 1.64. The Bertz CT molecular complexity index is 584. The topological polar surface area (TPSA) is 90.1 Å². The molecule has 0 amide bonds. The maximum Gasteiger partial charge on any atom is 0.339 e. The van der Waals surface area contributed by atoms with Crippen LogP contribution in [0.3, 0.4) is 0 Å². The van der Waals surface area contributed by atoms with Crippen LogP contribution < -0.4 is 4.74 Å². The van der Waals surface area contributed by atoms with Gasteiger partial charge in [0.2, 0.25) is 5.82 Å². The number of benzene rings is 1. The van der Waals surface area contributed by atoms with E-state index in [1.807, 2.05) is 22.6 Å². The Morgan fingerprint density at radius 1 is 1.56 bits per heavy atom. The second-order valence-electron chi connectivity index (χ2n) is 3.43. The van der Waals surface area contributed by atoms with Gasteiger partial charge in [0, 0.05) is 3.57 Å². The summed E-state index contributed by atoms with van der Waals surface area (Å²) < 4.78 is 6.22. The first-order valence-corrected chi connectivity index (χ1v) is 6.02. The zero-order valence-corrected chi connectivity index (χ0v) is 11.5. The van der Waals surface area contributed by atoms with Crippen LogP contribution in [0.5, 0.6) is 5.75 Å². The van der Waals surface area contributed by atoms with Crippen molar-refractivity contribution in [2.24, 2.45) is 7.05 Å². The van der Waals surface area contributed by atoms with E-state index >= 15 is 0 Å². The molecule has 0 aliphatic carbocycles. The molecular formula is C10H9IN4O3. The summed E-state index contributed by atoms with van der Waals surface area (Å²) in [6, 6.07) is 4.93. The first-order valence-electron chi connectivity index (χ1n) is 4.95. The second kappa shape index (κ2) is 5.29. The van der Waals surface area contributed by atoms with Crippen molar-refractivity contribution in [3.63, 3.8) is 0 Å². The number of aromatic nitrogens is 4. The summed E-state index contributed by atoms with van der Waals surface area (Å²) in [6.45, 7) is 0.0781. The van der Waals surface area contributed by atoms with Crippen molar-refractivity contribution in [3.8, 4) is 5.75 Å². The molecule has 0 bridgehead atoms. The summed E-state index contributed by atoms with van der Waals surface area (Å²) >= 11 is 2.04. The zero-order valence-electron chi connectivity index (χ0n) is 9.37. The van der Waals surface area contributed by atoms with Gasteiger partial charge in [0.25, 0.3) is 0 Å². The monoisotopic (exact) mass is 360 g/mol. The standard InChI is InChI=1S/C10H9IN4O3/c1-15-13-9(12-14-15)5-18-8-3-2-6(11)4-7(8)10(16)17/h2-4H,5H2,1H3,(H,16,17). The predicted molar refractivity (Wildman–Crippen MR) is 69.2 cm³/mol. The van der Waals surface area contributed by atoms with Gasteiger partial charge in [-0.05, 0) is 46.0 Å². The molecule has 94 valence electrons. The van der Waals surface area contributed by atoms with Gasteiger partial charge in [0.15, 0.2) is 6.61 Å². The number of rotatable bonds is 4. The lowest BCUT2D eigenvalue weighted by Crippen LogP contribution is -2.05. The Morgan fingerprint density at radius 3 is 2.94 bits per heavy atom. The lowest BCUT2D eigenvalue weighted by atomic mass is 10.2. The van der Waals surface area contributed by atoms with Crippen molar-refractivity contribution >= 4 is 28.6 Å². The lowest BCUT2D eigenvalue weighted by molar-refractivity contribution is 0.0691. The highest BCUT2D eigenvalue weighted by Gasteiger charge is 2.12. The summed E-state index contributed by atoms with van der Waals surface area (Å²) in [5.74, 6) is -0.349. The minimum atomic E-state index is -1.03. The molecule has 2 rings (SSSR count). The molecule has 0 atom stereocenters. The molecule has 1 N–H and O–H groups in total. The van der Waals surface area contributed by atoms with E-state index in [-0.39, 0.29) is 17.9 Å². The number of carboxylic acid groups (broad SMARTS) is 1. The van der Waals surface area contributed by atoms with Crippen LogP contribution >= 0.6 is 22.6 Å². The average Bonchev–Trinajstić information content (AvgIpc) is 2.73. The van der Waals surface area contributed by atoms with Crippen molar-refractivity contribution in [2.45, 2.75) is 6.61 Å². The SMILES string of the molecule is Cn1nnc(COc2ccc(I)cc2C(=O)O)n1. The van der Waals surface area contributed by atoms with Crippen molar-refractivity contribution in [1.29, 1.82) is 0 Å². The maximum absolute atomic E-state index is 11.1. The van der Waals surface area contributed by atoms with Crippen LogP contribution in [0.15, 0.2) is 18.2 Å². The van der Waals surface area contributed by atoms with E-state index in [4.69, 9.17) is 9.84 Å². The average molecular weight is 360 g/mol. The van der Waals surface area contributed by atoms with Gasteiger partial charge in [0.05, 0.1) is 7.05 Å². The number of aryl methyl sites for hydroxylation is 1. The molecule has 0 saturated heterocycles.